The van der Waals surface area contributed by atoms with Crippen molar-refractivity contribution in [1.29, 1.82) is 0 Å². The molecule has 0 saturated heterocycles. The second-order valence-electron chi connectivity index (χ2n) is 5.72. The van der Waals surface area contributed by atoms with E-state index >= 15 is 0 Å². The summed E-state index contributed by atoms with van der Waals surface area (Å²) in [7, 11) is -0.977. The van der Waals surface area contributed by atoms with Crippen LogP contribution < -0.4 is 0 Å². The lowest BCUT2D eigenvalue weighted by Crippen LogP contribution is -2.37. The van der Waals surface area contributed by atoms with Crippen molar-refractivity contribution in [3.63, 3.8) is 0 Å². The molecule has 0 aliphatic carbocycles. The first-order chi connectivity index (χ1) is 7.99. The third-order valence-corrected chi connectivity index (χ3v) is 7.15. The molecule has 3 heteroatoms. The van der Waals surface area contributed by atoms with Gasteiger partial charge in [-0.15, -0.1) is 0 Å². The quantitative estimate of drug-likeness (QED) is 0.554. The third-order valence-electron chi connectivity index (χ3n) is 4.00. The van der Waals surface area contributed by atoms with Gasteiger partial charge in [0, 0.05) is 8.07 Å². The van der Waals surface area contributed by atoms with Crippen LogP contribution in [0.2, 0.25) is 25.2 Å². The van der Waals surface area contributed by atoms with E-state index in [1.807, 2.05) is 0 Å². The van der Waals surface area contributed by atoms with E-state index in [0.29, 0.717) is 0 Å². The molecule has 0 spiro atoms. The second-order valence-corrected chi connectivity index (χ2v) is 11.0. The number of nitrogens with zero attached hydrogens (tertiary/aromatic N) is 2. The van der Waals surface area contributed by atoms with Gasteiger partial charge in [-0.05, 0) is 51.4 Å². The van der Waals surface area contributed by atoms with E-state index in [-0.39, 0.29) is 0 Å². The van der Waals surface area contributed by atoms with Crippen LogP contribution in [0.1, 0.15) is 27.7 Å². The summed E-state index contributed by atoms with van der Waals surface area (Å²) in [4.78, 5) is 5.12. The summed E-state index contributed by atoms with van der Waals surface area (Å²) < 4.78 is 0. The summed E-state index contributed by atoms with van der Waals surface area (Å²) in [5.74, 6) is 0. The number of rotatable bonds is 10. The number of hydrogen-bond donors (Lipinski definition) is 0. The molecule has 0 bridgehead atoms. The normalized spacial score (nSPS) is 12.7. The molecular weight excluding hydrogens is 224 g/mol. The zero-order valence-corrected chi connectivity index (χ0v) is 14.1. The van der Waals surface area contributed by atoms with E-state index in [1.165, 1.54) is 51.4 Å². The topological polar surface area (TPSA) is 6.48 Å². The maximum atomic E-state index is 2.56. The molecule has 0 radical (unpaired) electrons. The minimum absolute atomic E-state index is 0.977. The van der Waals surface area contributed by atoms with Crippen LogP contribution in [0, 0.1) is 0 Å². The Balaban J connectivity index is 3.93. The Morgan fingerprint density at radius 1 is 0.647 bits per heavy atom. The summed E-state index contributed by atoms with van der Waals surface area (Å²) >= 11 is 0. The molecule has 0 aliphatic heterocycles. The van der Waals surface area contributed by atoms with Gasteiger partial charge in [0.2, 0.25) is 0 Å². The molecule has 2 nitrogen and oxygen atoms in total. The van der Waals surface area contributed by atoms with Crippen molar-refractivity contribution in [2.45, 2.75) is 52.9 Å². The second kappa shape index (κ2) is 9.12. The Morgan fingerprint density at radius 3 is 1.18 bits per heavy atom. The summed E-state index contributed by atoms with van der Waals surface area (Å²) in [6.07, 6.45) is 0. The first kappa shape index (κ1) is 17.1. The van der Waals surface area contributed by atoms with E-state index in [2.05, 4.69) is 50.6 Å². The monoisotopic (exact) mass is 258 g/mol. The maximum absolute atomic E-state index is 2.56. The molecule has 0 aromatic carbocycles. The lowest BCUT2D eigenvalue weighted by molar-refractivity contribution is 0.313. The van der Waals surface area contributed by atoms with Crippen molar-refractivity contribution >= 4 is 8.07 Å². The molecular formula is C14H34N2Si. The van der Waals surface area contributed by atoms with E-state index in [1.54, 1.807) is 0 Å². The molecule has 0 aliphatic rings. The van der Waals surface area contributed by atoms with Gasteiger partial charge in [0.1, 0.15) is 0 Å². The molecule has 0 rings (SSSR count). The maximum Gasteiger partial charge on any atom is 0.0498 e. The van der Waals surface area contributed by atoms with Crippen molar-refractivity contribution in [2.24, 2.45) is 0 Å². The van der Waals surface area contributed by atoms with E-state index in [0.717, 1.165) is 0 Å². The van der Waals surface area contributed by atoms with Gasteiger partial charge >= 0.3 is 0 Å². The molecule has 0 fully saturated rings. The highest BCUT2D eigenvalue weighted by Gasteiger charge is 2.21. The highest BCUT2D eigenvalue weighted by atomic mass is 28.3. The van der Waals surface area contributed by atoms with Gasteiger partial charge in [0.15, 0.2) is 0 Å². The predicted molar refractivity (Wildman–Crippen MR) is 82.7 cm³/mol. The van der Waals surface area contributed by atoms with Gasteiger partial charge in [0.05, 0.1) is 0 Å². The highest BCUT2D eigenvalue weighted by Crippen LogP contribution is 2.16. The van der Waals surface area contributed by atoms with E-state index < -0.39 is 8.07 Å². The van der Waals surface area contributed by atoms with Crippen LogP contribution in [0.4, 0.5) is 0 Å². The van der Waals surface area contributed by atoms with Gasteiger partial charge in [-0.2, -0.15) is 0 Å². The minimum Gasteiger partial charge on any atom is -0.304 e. The van der Waals surface area contributed by atoms with Gasteiger partial charge in [-0.3, -0.25) is 0 Å². The van der Waals surface area contributed by atoms with E-state index in [4.69, 9.17) is 0 Å². The standard InChI is InChI=1S/C14H34N2Si/c1-7-15(8-2)11-13-17(5,6)14-12-16(9-3)10-4/h7-14H2,1-6H3. The van der Waals surface area contributed by atoms with Crippen LogP contribution in [0.3, 0.4) is 0 Å². The Kier molecular flexibility index (Phi) is 9.19. The van der Waals surface area contributed by atoms with Gasteiger partial charge < -0.3 is 9.80 Å². The average molecular weight is 259 g/mol. The summed E-state index contributed by atoms with van der Waals surface area (Å²) in [6, 6.07) is 2.91. The fraction of sp³-hybridized carbons (Fsp3) is 1.00. The highest BCUT2D eigenvalue weighted by molar-refractivity contribution is 6.77. The summed E-state index contributed by atoms with van der Waals surface area (Å²) in [5.41, 5.74) is 0. The Morgan fingerprint density at radius 2 is 0.941 bits per heavy atom. The van der Waals surface area contributed by atoms with Crippen molar-refractivity contribution in [1.82, 2.24) is 9.80 Å². The molecule has 17 heavy (non-hydrogen) atoms. The van der Waals surface area contributed by atoms with Crippen LogP contribution in [0.5, 0.6) is 0 Å². The Labute approximate surface area is 110 Å². The van der Waals surface area contributed by atoms with Crippen molar-refractivity contribution < 1.29 is 0 Å². The van der Waals surface area contributed by atoms with Crippen LogP contribution in [0.15, 0.2) is 0 Å². The summed E-state index contributed by atoms with van der Waals surface area (Å²) in [5, 5.41) is 0. The largest absolute Gasteiger partial charge is 0.304 e. The zero-order chi connectivity index (χ0) is 13.3. The molecule has 0 atom stereocenters. The van der Waals surface area contributed by atoms with Crippen LogP contribution in [-0.2, 0) is 0 Å². The van der Waals surface area contributed by atoms with Crippen molar-refractivity contribution in [3.05, 3.63) is 0 Å². The zero-order valence-electron chi connectivity index (χ0n) is 13.1. The molecule has 0 N–H and O–H groups in total. The minimum atomic E-state index is -0.977. The first-order valence-electron chi connectivity index (χ1n) is 7.43. The third kappa shape index (κ3) is 7.95. The SMILES string of the molecule is CCN(CC)CC[Si](C)(C)CCN(CC)CC. The van der Waals surface area contributed by atoms with Crippen LogP contribution in [0.25, 0.3) is 0 Å². The molecule has 0 saturated carbocycles. The lowest BCUT2D eigenvalue weighted by Gasteiger charge is -2.29. The van der Waals surface area contributed by atoms with Crippen LogP contribution >= 0.6 is 0 Å². The summed E-state index contributed by atoms with van der Waals surface area (Å²) in [6.45, 7) is 21.6. The Bertz CT molecular complexity index is 157. The smallest absolute Gasteiger partial charge is 0.0498 e. The molecule has 0 unspecified atom stereocenters. The van der Waals surface area contributed by atoms with E-state index in [9.17, 15) is 0 Å². The fourth-order valence-electron chi connectivity index (χ4n) is 2.13. The molecule has 0 aromatic heterocycles. The molecule has 0 aromatic rings. The van der Waals surface area contributed by atoms with Crippen molar-refractivity contribution in [2.75, 3.05) is 39.3 Å². The van der Waals surface area contributed by atoms with Crippen molar-refractivity contribution in [3.8, 4) is 0 Å². The fourth-order valence-corrected chi connectivity index (χ4v) is 4.22. The lowest BCUT2D eigenvalue weighted by atomic mass is 10.5. The molecule has 0 amide bonds. The average Bonchev–Trinajstić information content (AvgIpc) is 2.31. The van der Waals surface area contributed by atoms with Crippen LogP contribution in [-0.4, -0.2) is 57.1 Å². The molecule has 0 heterocycles. The van der Waals surface area contributed by atoms with Gasteiger partial charge in [0.25, 0.3) is 0 Å². The molecule has 104 valence electrons. The predicted octanol–water partition coefficient (Wildman–Crippen LogP) is 3.38. The Hall–Kier alpha value is 0.137. The van der Waals surface area contributed by atoms with Gasteiger partial charge in [-0.1, -0.05) is 40.8 Å². The van der Waals surface area contributed by atoms with Gasteiger partial charge in [-0.25, -0.2) is 0 Å². The number of hydrogen-bond acceptors (Lipinski definition) is 2. The first-order valence-corrected chi connectivity index (χ1v) is 10.8.